The Labute approximate surface area is 185 Å². The van der Waals surface area contributed by atoms with E-state index in [0.717, 1.165) is 29.3 Å². The maximum atomic E-state index is 13.0. The zero-order valence-electron chi connectivity index (χ0n) is 17.3. The van der Waals surface area contributed by atoms with E-state index >= 15 is 0 Å². The minimum atomic E-state index is -0.291. The van der Waals surface area contributed by atoms with E-state index in [1.165, 1.54) is 12.1 Å². The summed E-state index contributed by atoms with van der Waals surface area (Å²) in [6, 6.07) is 13.4. The van der Waals surface area contributed by atoms with Crippen molar-refractivity contribution in [3.05, 3.63) is 70.6 Å². The van der Waals surface area contributed by atoms with Crippen LogP contribution in [0.4, 0.5) is 4.39 Å². The molecule has 0 saturated carbocycles. The van der Waals surface area contributed by atoms with Gasteiger partial charge in [0.05, 0.1) is 0 Å². The molecule has 1 aliphatic heterocycles. The van der Waals surface area contributed by atoms with Gasteiger partial charge in [0.2, 0.25) is 5.91 Å². The van der Waals surface area contributed by atoms with Crippen molar-refractivity contribution in [2.24, 2.45) is 11.8 Å². The highest BCUT2D eigenvalue weighted by Gasteiger charge is 2.30. The second-order valence-electron chi connectivity index (χ2n) is 8.18. The first-order chi connectivity index (χ1) is 14.9. The number of carbonyl (C=O) groups is 2. The monoisotopic (exact) mass is 441 g/mol. The largest absolute Gasteiger partial charge is 0.352 e. The quantitative estimate of drug-likeness (QED) is 0.599. The third-order valence-corrected chi connectivity index (χ3v) is 6.38. The van der Waals surface area contributed by atoms with E-state index in [1.807, 2.05) is 30.0 Å². The number of piperidine rings is 1. The van der Waals surface area contributed by atoms with E-state index in [1.54, 1.807) is 18.2 Å². The van der Waals surface area contributed by atoms with Gasteiger partial charge in [0, 0.05) is 41.5 Å². The minimum Gasteiger partial charge on any atom is -0.352 e. The predicted molar refractivity (Wildman–Crippen MR) is 119 cm³/mol. The highest BCUT2D eigenvalue weighted by Crippen LogP contribution is 2.27. The van der Waals surface area contributed by atoms with E-state index in [9.17, 15) is 14.0 Å². The summed E-state index contributed by atoms with van der Waals surface area (Å²) < 4.78 is 13.0. The normalized spacial score (nSPS) is 15.8. The molecule has 2 aromatic carbocycles. The molecule has 2 amide bonds. The number of hydrogen-bond acceptors (Lipinski definition) is 2. The third-order valence-electron chi connectivity index (χ3n) is 6.14. The molecule has 3 aromatic rings. The van der Waals surface area contributed by atoms with Crippen LogP contribution in [-0.2, 0) is 11.3 Å². The summed E-state index contributed by atoms with van der Waals surface area (Å²) in [5, 5.41) is 4.49. The van der Waals surface area contributed by atoms with Gasteiger partial charge in [0.25, 0.3) is 5.91 Å². The summed E-state index contributed by atoms with van der Waals surface area (Å²) in [6.45, 7) is 3.55. The third kappa shape index (κ3) is 4.90. The van der Waals surface area contributed by atoms with Gasteiger partial charge in [-0.2, -0.15) is 0 Å². The van der Waals surface area contributed by atoms with Crippen LogP contribution in [0, 0.1) is 17.7 Å². The number of nitrogens with one attached hydrogen (secondary N) is 2. The molecule has 0 radical (unpaired) electrons. The first-order valence-electron chi connectivity index (χ1n) is 10.5. The molecule has 1 aliphatic rings. The highest BCUT2D eigenvalue weighted by molar-refractivity contribution is 6.31. The van der Waals surface area contributed by atoms with Crippen LogP contribution in [0.1, 0.15) is 35.8 Å². The first-order valence-corrected chi connectivity index (χ1v) is 10.9. The summed E-state index contributed by atoms with van der Waals surface area (Å²) >= 11 is 6.03. The van der Waals surface area contributed by atoms with E-state index in [4.69, 9.17) is 11.6 Å². The molecule has 2 N–H and O–H groups in total. The number of fused-ring (bicyclic) bond motifs is 1. The van der Waals surface area contributed by atoms with Crippen molar-refractivity contribution in [3.8, 4) is 0 Å². The van der Waals surface area contributed by atoms with Gasteiger partial charge in [-0.25, -0.2) is 4.39 Å². The maximum Gasteiger partial charge on any atom is 0.270 e. The Kier molecular flexibility index (Phi) is 6.28. The smallest absolute Gasteiger partial charge is 0.270 e. The van der Waals surface area contributed by atoms with Crippen molar-refractivity contribution < 1.29 is 14.0 Å². The summed E-state index contributed by atoms with van der Waals surface area (Å²) in [7, 11) is 0. The number of amides is 2. The lowest BCUT2D eigenvalue weighted by Crippen LogP contribution is -2.42. The second kappa shape index (κ2) is 9.10. The number of H-pyrrole nitrogens is 1. The van der Waals surface area contributed by atoms with Crippen molar-refractivity contribution in [2.75, 3.05) is 13.1 Å². The van der Waals surface area contributed by atoms with E-state index in [2.05, 4.69) is 10.3 Å². The molecule has 0 spiro atoms. The van der Waals surface area contributed by atoms with Crippen LogP contribution in [0.5, 0.6) is 0 Å². The number of likely N-dealkylation sites (tertiary alicyclic amines) is 1. The van der Waals surface area contributed by atoms with Crippen molar-refractivity contribution in [1.82, 2.24) is 15.2 Å². The Hall–Kier alpha value is -2.86. The van der Waals surface area contributed by atoms with Gasteiger partial charge < -0.3 is 15.2 Å². The van der Waals surface area contributed by atoms with Crippen molar-refractivity contribution in [1.29, 1.82) is 0 Å². The van der Waals surface area contributed by atoms with Gasteiger partial charge in [0.1, 0.15) is 11.5 Å². The number of nitrogens with zero attached hydrogens (tertiary/aromatic N) is 1. The van der Waals surface area contributed by atoms with Gasteiger partial charge in [-0.15, -0.1) is 0 Å². The average Bonchev–Trinajstić information content (AvgIpc) is 3.21. The van der Waals surface area contributed by atoms with Crippen molar-refractivity contribution in [2.45, 2.75) is 26.3 Å². The Balaban J connectivity index is 1.30. The number of rotatable bonds is 5. The number of aromatic nitrogens is 1. The van der Waals surface area contributed by atoms with Crippen LogP contribution < -0.4 is 5.32 Å². The molecule has 1 fully saturated rings. The molecule has 1 unspecified atom stereocenters. The van der Waals surface area contributed by atoms with E-state index in [-0.39, 0.29) is 29.5 Å². The molecule has 1 aromatic heterocycles. The summed E-state index contributed by atoms with van der Waals surface area (Å²) in [5.41, 5.74) is 2.30. The number of aromatic amines is 1. The maximum absolute atomic E-state index is 13.0. The average molecular weight is 442 g/mol. The molecule has 5 nitrogen and oxygen atoms in total. The topological polar surface area (TPSA) is 65.2 Å². The van der Waals surface area contributed by atoms with Gasteiger partial charge in [0.15, 0.2) is 0 Å². The Bertz CT molecular complexity index is 1090. The van der Waals surface area contributed by atoms with Crippen molar-refractivity contribution in [3.63, 3.8) is 0 Å². The molecule has 0 aliphatic carbocycles. The molecular formula is C24H25ClFN3O2. The Morgan fingerprint density at radius 2 is 1.87 bits per heavy atom. The Morgan fingerprint density at radius 3 is 2.58 bits per heavy atom. The molecule has 0 bridgehead atoms. The molecule has 4 rings (SSSR count). The number of hydrogen-bond donors (Lipinski definition) is 2. The van der Waals surface area contributed by atoms with E-state index < -0.39 is 0 Å². The summed E-state index contributed by atoms with van der Waals surface area (Å²) in [5.74, 6) is -0.256. The second-order valence-corrected chi connectivity index (χ2v) is 8.61. The molecule has 7 heteroatoms. The fraction of sp³-hybridized carbons (Fsp3) is 0.333. The molecule has 31 heavy (non-hydrogen) atoms. The SMILES string of the molecule is CC(C(=O)NCc1ccc(F)cc1)C1CCN(C(=O)c2cc3cc(Cl)ccc3[nH]2)CC1. The predicted octanol–water partition coefficient (Wildman–Crippen LogP) is 4.77. The molecule has 162 valence electrons. The van der Waals surface area contributed by atoms with E-state index in [0.29, 0.717) is 30.4 Å². The van der Waals surface area contributed by atoms with Crippen molar-refractivity contribution >= 4 is 34.3 Å². The molecule has 1 atom stereocenters. The molecule has 2 heterocycles. The fourth-order valence-electron chi connectivity index (χ4n) is 4.16. The van der Waals surface area contributed by atoms with Crippen LogP contribution in [-0.4, -0.2) is 34.8 Å². The fourth-order valence-corrected chi connectivity index (χ4v) is 4.34. The highest BCUT2D eigenvalue weighted by atomic mass is 35.5. The molecule has 1 saturated heterocycles. The van der Waals surface area contributed by atoms with Gasteiger partial charge >= 0.3 is 0 Å². The summed E-state index contributed by atoms with van der Waals surface area (Å²) in [4.78, 5) is 30.5. The number of carbonyl (C=O) groups excluding carboxylic acids is 2. The lowest BCUT2D eigenvalue weighted by atomic mass is 9.84. The van der Waals surface area contributed by atoms with Gasteiger partial charge in [-0.1, -0.05) is 30.7 Å². The van der Waals surface area contributed by atoms with Crippen LogP contribution in [0.2, 0.25) is 5.02 Å². The van der Waals surface area contributed by atoms with Gasteiger partial charge in [-0.05, 0) is 60.7 Å². The van der Waals surface area contributed by atoms with Crippen LogP contribution >= 0.6 is 11.6 Å². The zero-order chi connectivity index (χ0) is 22.0. The van der Waals surface area contributed by atoms with Crippen LogP contribution in [0.3, 0.4) is 0 Å². The Morgan fingerprint density at radius 1 is 1.16 bits per heavy atom. The summed E-state index contributed by atoms with van der Waals surface area (Å²) in [6.07, 6.45) is 1.56. The van der Waals surface area contributed by atoms with Gasteiger partial charge in [-0.3, -0.25) is 9.59 Å². The number of halogens is 2. The zero-order valence-corrected chi connectivity index (χ0v) is 18.1. The van der Waals surface area contributed by atoms with Crippen LogP contribution in [0.25, 0.3) is 10.9 Å². The minimum absolute atomic E-state index is 0.0124. The lowest BCUT2D eigenvalue weighted by Gasteiger charge is -2.34. The first kappa shape index (κ1) is 21.4. The standard InChI is InChI=1S/C24H25ClFN3O2/c1-15(23(30)27-14-16-2-5-20(26)6-3-16)17-8-10-29(11-9-17)24(31)22-13-18-12-19(25)4-7-21(18)28-22/h2-7,12-13,15,17,28H,8-11,14H2,1H3,(H,27,30). The number of benzene rings is 2. The lowest BCUT2D eigenvalue weighted by molar-refractivity contribution is -0.126. The molecular weight excluding hydrogens is 417 g/mol. The van der Waals surface area contributed by atoms with Crippen LogP contribution in [0.15, 0.2) is 48.5 Å².